The first-order valence-electron chi connectivity index (χ1n) is 10.6. The Hall–Kier alpha value is -1.84. The molecule has 158 valence electrons. The minimum absolute atomic E-state index is 0.128. The molecule has 2 fully saturated rings. The minimum Gasteiger partial charge on any atom is -0.389 e. The highest BCUT2D eigenvalue weighted by atomic mass is 32.3. The average molecular weight is 420 g/mol. The number of nitrogens with one attached hydrogen (secondary N) is 1. The van der Waals surface area contributed by atoms with Crippen molar-refractivity contribution in [1.82, 2.24) is 14.8 Å². The SMILES string of the molecule is CCn1ncc2c(NC3CCS(O)(O)CC3)c(C3=NOC4(CCCC4)C3)cnc21. The van der Waals surface area contributed by atoms with E-state index in [0.717, 1.165) is 66.6 Å². The van der Waals surface area contributed by atoms with Gasteiger partial charge in [-0.3, -0.25) is 9.11 Å². The summed E-state index contributed by atoms with van der Waals surface area (Å²) in [4.78, 5) is 10.6. The molecule has 0 aromatic carbocycles. The van der Waals surface area contributed by atoms with Gasteiger partial charge in [0.1, 0.15) is 5.60 Å². The molecule has 4 heterocycles. The summed E-state index contributed by atoms with van der Waals surface area (Å²) in [5, 5.41) is 13.6. The van der Waals surface area contributed by atoms with E-state index in [1.54, 1.807) is 0 Å². The van der Waals surface area contributed by atoms with Crippen molar-refractivity contribution >= 4 is 33.0 Å². The van der Waals surface area contributed by atoms with Gasteiger partial charge in [0.15, 0.2) is 5.65 Å². The number of hydrogen-bond donors (Lipinski definition) is 3. The third-order valence-electron chi connectivity index (χ3n) is 6.57. The number of fused-ring (bicyclic) bond motifs is 1. The summed E-state index contributed by atoms with van der Waals surface area (Å²) in [6, 6.07) is 0.188. The molecule has 0 atom stereocenters. The number of hydrogen-bond acceptors (Lipinski definition) is 7. The van der Waals surface area contributed by atoms with Gasteiger partial charge in [-0.05, 0) is 45.4 Å². The Balaban J connectivity index is 1.49. The van der Waals surface area contributed by atoms with E-state index in [-0.39, 0.29) is 11.6 Å². The number of oxime groups is 1. The van der Waals surface area contributed by atoms with Crippen LogP contribution in [0.25, 0.3) is 11.0 Å². The first kappa shape index (κ1) is 19.1. The van der Waals surface area contributed by atoms with Gasteiger partial charge < -0.3 is 10.2 Å². The molecule has 1 spiro atoms. The van der Waals surface area contributed by atoms with Gasteiger partial charge in [-0.2, -0.15) is 15.7 Å². The third-order valence-corrected chi connectivity index (χ3v) is 8.34. The lowest BCUT2D eigenvalue weighted by Gasteiger charge is -2.39. The van der Waals surface area contributed by atoms with Gasteiger partial charge in [-0.1, -0.05) is 5.16 Å². The lowest BCUT2D eigenvalue weighted by molar-refractivity contribution is -0.0126. The molecule has 1 saturated heterocycles. The second kappa shape index (κ2) is 7.14. The normalized spacial score (nSPS) is 24.6. The predicted octanol–water partition coefficient (Wildman–Crippen LogP) is 4.21. The van der Waals surface area contributed by atoms with Crippen molar-refractivity contribution in [3.05, 3.63) is 18.0 Å². The minimum atomic E-state index is -2.40. The second-order valence-corrected chi connectivity index (χ2v) is 11.0. The summed E-state index contributed by atoms with van der Waals surface area (Å²) in [6.45, 7) is 2.81. The zero-order valence-corrected chi connectivity index (χ0v) is 17.6. The zero-order chi connectivity index (χ0) is 20.1. The van der Waals surface area contributed by atoms with Crippen LogP contribution in [0, 0.1) is 0 Å². The molecule has 3 N–H and O–H groups in total. The number of aromatic nitrogens is 3. The van der Waals surface area contributed by atoms with Gasteiger partial charge in [-0.15, -0.1) is 0 Å². The predicted molar refractivity (Wildman–Crippen MR) is 116 cm³/mol. The van der Waals surface area contributed by atoms with Gasteiger partial charge in [-0.25, -0.2) is 9.67 Å². The Morgan fingerprint density at radius 3 is 2.72 bits per heavy atom. The van der Waals surface area contributed by atoms with Gasteiger partial charge >= 0.3 is 0 Å². The summed E-state index contributed by atoms with van der Waals surface area (Å²) in [5.74, 6) is 0.908. The molecule has 8 nitrogen and oxygen atoms in total. The van der Waals surface area contributed by atoms with Crippen LogP contribution in [0.5, 0.6) is 0 Å². The van der Waals surface area contributed by atoms with Gasteiger partial charge in [0, 0.05) is 42.3 Å². The van der Waals surface area contributed by atoms with Crippen molar-refractivity contribution in [3.8, 4) is 0 Å². The van der Waals surface area contributed by atoms with Crippen molar-refractivity contribution in [2.24, 2.45) is 5.16 Å². The fraction of sp³-hybridized carbons (Fsp3) is 0.650. The maximum atomic E-state index is 9.96. The molecule has 0 unspecified atom stereocenters. The molecule has 9 heteroatoms. The van der Waals surface area contributed by atoms with Gasteiger partial charge in [0.05, 0.1) is 23.0 Å². The van der Waals surface area contributed by atoms with E-state index in [0.29, 0.717) is 11.5 Å². The number of nitrogens with zero attached hydrogens (tertiary/aromatic N) is 4. The summed E-state index contributed by atoms with van der Waals surface area (Å²) >= 11 is 0. The molecule has 0 radical (unpaired) electrons. The van der Waals surface area contributed by atoms with Crippen molar-refractivity contribution < 1.29 is 13.9 Å². The van der Waals surface area contributed by atoms with Crippen LogP contribution < -0.4 is 5.32 Å². The van der Waals surface area contributed by atoms with Crippen LogP contribution in [0.3, 0.4) is 0 Å². The van der Waals surface area contributed by atoms with E-state index in [2.05, 4.69) is 22.5 Å². The Morgan fingerprint density at radius 2 is 2.00 bits per heavy atom. The lowest BCUT2D eigenvalue weighted by Crippen LogP contribution is -2.31. The van der Waals surface area contributed by atoms with E-state index in [1.165, 1.54) is 12.8 Å². The molecular formula is C20H29N5O3S. The smallest absolute Gasteiger partial charge is 0.159 e. The Kier molecular flexibility index (Phi) is 4.71. The number of aryl methyl sites for hydroxylation is 1. The fourth-order valence-electron chi connectivity index (χ4n) is 4.84. The van der Waals surface area contributed by atoms with E-state index in [4.69, 9.17) is 9.82 Å². The number of pyridine rings is 1. The van der Waals surface area contributed by atoms with Crippen LogP contribution in [-0.2, 0) is 11.4 Å². The van der Waals surface area contributed by atoms with Crippen LogP contribution >= 0.6 is 10.6 Å². The van der Waals surface area contributed by atoms with Crippen LogP contribution in [0.15, 0.2) is 17.5 Å². The molecule has 1 saturated carbocycles. The largest absolute Gasteiger partial charge is 0.389 e. The Labute approximate surface area is 172 Å². The van der Waals surface area contributed by atoms with Crippen LogP contribution in [0.1, 0.15) is 57.4 Å². The maximum absolute atomic E-state index is 9.96. The number of anilines is 1. The third kappa shape index (κ3) is 3.49. The summed E-state index contributed by atoms with van der Waals surface area (Å²) in [7, 11) is -2.40. The Morgan fingerprint density at radius 1 is 1.24 bits per heavy atom. The highest BCUT2D eigenvalue weighted by molar-refractivity contribution is 8.24. The molecule has 2 aromatic rings. The molecule has 0 bridgehead atoms. The highest BCUT2D eigenvalue weighted by Gasteiger charge is 2.42. The summed E-state index contributed by atoms with van der Waals surface area (Å²) in [6.07, 6.45) is 10.6. The molecular weight excluding hydrogens is 390 g/mol. The van der Waals surface area contributed by atoms with Crippen LogP contribution in [-0.4, -0.2) is 52.7 Å². The van der Waals surface area contributed by atoms with E-state index in [1.807, 2.05) is 17.1 Å². The van der Waals surface area contributed by atoms with E-state index < -0.39 is 10.6 Å². The zero-order valence-electron chi connectivity index (χ0n) is 16.8. The van der Waals surface area contributed by atoms with Crippen molar-refractivity contribution in [1.29, 1.82) is 0 Å². The van der Waals surface area contributed by atoms with E-state index >= 15 is 0 Å². The molecule has 29 heavy (non-hydrogen) atoms. The lowest BCUT2D eigenvalue weighted by atomic mass is 9.92. The molecule has 2 aromatic heterocycles. The van der Waals surface area contributed by atoms with Gasteiger partial charge in [0.2, 0.25) is 0 Å². The topological polar surface area (TPSA) is 105 Å². The average Bonchev–Trinajstić information content (AvgIpc) is 3.44. The number of rotatable bonds is 4. The van der Waals surface area contributed by atoms with Gasteiger partial charge in [0.25, 0.3) is 0 Å². The maximum Gasteiger partial charge on any atom is 0.159 e. The molecule has 0 amide bonds. The van der Waals surface area contributed by atoms with E-state index in [9.17, 15) is 9.11 Å². The molecule has 2 aliphatic heterocycles. The highest BCUT2D eigenvalue weighted by Crippen LogP contribution is 2.45. The van der Waals surface area contributed by atoms with Crippen LogP contribution in [0.4, 0.5) is 5.69 Å². The van der Waals surface area contributed by atoms with Crippen molar-refractivity contribution in [2.45, 2.75) is 70.1 Å². The fourth-order valence-corrected chi connectivity index (χ4v) is 6.37. The van der Waals surface area contributed by atoms with Crippen molar-refractivity contribution in [3.63, 3.8) is 0 Å². The quantitative estimate of drug-likeness (QED) is 0.685. The first-order valence-corrected chi connectivity index (χ1v) is 12.5. The molecule has 3 aliphatic rings. The first-order chi connectivity index (χ1) is 14.0. The summed E-state index contributed by atoms with van der Waals surface area (Å²) < 4.78 is 21.8. The van der Waals surface area contributed by atoms with Crippen LogP contribution in [0.2, 0.25) is 0 Å². The molecule has 5 rings (SSSR count). The molecule has 1 aliphatic carbocycles. The standard InChI is InChI=1S/C20H29N5O3S/c1-2-25-19-16(13-22-25)18(23-14-5-9-29(26,27)10-6-14)15(12-21-19)17-11-20(28-24-17)7-3-4-8-20/h12-14,26-27H,2-11H2,1H3,(H,21,23). The monoisotopic (exact) mass is 419 g/mol. The van der Waals surface area contributed by atoms with Crippen molar-refractivity contribution in [2.75, 3.05) is 16.8 Å². The summed E-state index contributed by atoms with van der Waals surface area (Å²) in [5.41, 5.74) is 3.66. The second-order valence-electron chi connectivity index (χ2n) is 8.57. The Bertz CT molecular complexity index is 941.